The van der Waals surface area contributed by atoms with E-state index in [1.54, 1.807) is 0 Å². The highest BCUT2D eigenvalue weighted by atomic mass is 16.8. The number of carbonyl (C=O) groups excluding carboxylic acids is 1. The molecule has 2 heterocycles. The fraction of sp³-hybridized carbons (Fsp3) is 0.500. The third-order valence-electron chi connectivity index (χ3n) is 3.29. The van der Waals surface area contributed by atoms with E-state index in [1.165, 1.54) is 0 Å². The molecule has 0 N–H and O–H groups in total. The number of fused-ring (bicyclic) bond motifs is 1. The summed E-state index contributed by atoms with van der Waals surface area (Å²) in [5.41, 5.74) is 1.05. The Morgan fingerprint density at radius 2 is 2.05 bits per heavy atom. The summed E-state index contributed by atoms with van der Waals surface area (Å²) in [5.74, 6) is 0. The van der Waals surface area contributed by atoms with Gasteiger partial charge in [-0.1, -0.05) is 30.3 Å². The maximum atomic E-state index is 11.2. The Morgan fingerprint density at radius 1 is 1.21 bits per heavy atom. The molecule has 2 aliphatic rings. The number of benzene rings is 1. The van der Waals surface area contributed by atoms with Crippen LogP contribution in [0.5, 0.6) is 0 Å². The van der Waals surface area contributed by atoms with E-state index < -0.39 is 18.5 Å². The molecule has 3 atom stereocenters. The van der Waals surface area contributed by atoms with E-state index in [0.29, 0.717) is 13.2 Å². The van der Waals surface area contributed by atoms with Gasteiger partial charge in [-0.25, -0.2) is 4.79 Å². The van der Waals surface area contributed by atoms with Crippen LogP contribution >= 0.6 is 0 Å². The summed E-state index contributed by atoms with van der Waals surface area (Å²) in [6.07, 6.45) is -0.313. The monoisotopic (exact) mass is 264 g/mol. The molecule has 5 heteroatoms. The van der Waals surface area contributed by atoms with Crippen LogP contribution in [0.4, 0.5) is 4.79 Å². The van der Waals surface area contributed by atoms with Crippen LogP contribution in [0.15, 0.2) is 30.3 Å². The molecule has 0 saturated carbocycles. The first kappa shape index (κ1) is 12.4. The smallest absolute Gasteiger partial charge is 0.427 e. The Morgan fingerprint density at radius 3 is 2.89 bits per heavy atom. The molecule has 2 aliphatic heterocycles. The molecule has 0 spiro atoms. The zero-order valence-corrected chi connectivity index (χ0v) is 10.5. The predicted octanol–water partition coefficient (Wildman–Crippen LogP) is 2.24. The van der Waals surface area contributed by atoms with Crippen molar-refractivity contribution in [2.75, 3.05) is 6.61 Å². The SMILES string of the molecule is O=C1O[C@H]2[C@H](OCc3ccccc3)OCCC[C@H]2O1. The molecule has 1 aromatic rings. The van der Waals surface area contributed by atoms with Gasteiger partial charge in [-0.2, -0.15) is 0 Å². The molecule has 19 heavy (non-hydrogen) atoms. The van der Waals surface area contributed by atoms with Crippen LogP contribution in [0.25, 0.3) is 0 Å². The molecule has 2 fully saturated rings. The fourth-order valence-electron chi connectivity index (χ4n) is 2.33. The highest BCUT2D eigenvalue weighted by Crippen LogP contribution is 2.27. The van der Waals surface area contributed by atoms with Crippen molar-refractivity contribution in [2.45, 2.75) is 37.9 Å². The normalized spacial score (nSPS) is 30.1. The molecule has 3 rings (SSSR count). The van der Waals surface area contributed by atoms with Gasteiger partial charge >= 0.3 is 6.16 Å². The molecule has 0 radical (unpaired) electrons. The van der Waals surface area contributed by atoms with Crippen molar-refractivity contribution in [3.63, 3.8) is 0 Å². The molecule has 0 aliphatic carbocycles. The second-order valence-corrected chi connectivity index (χ2v) is 4.67. The van der Waals surface area contributed by atoms with Gasteiger partial charge in [0, 0.05) is 0 Å². The quantitative estimate of drug-likeness (QED) is 0.784. The van der Waals surface area contributed by atoms with Crippen molar-refractivity contribution in [3.05, 3.63) is 35.9 Å². The maximum absolute atomic E-state index is 11.2. The number of rotatable bonds is 3. The standard InChI is InChI=1S/C14H16O5/c15-14-18-11-7-4-8-16-13(12(11)19-14)17-9-10-5-2-1-3-6-10/h1-3,5-6,11-13H,4,7-9H2/t11-,12-,13+/m1/s1. The lowest BCUT2D eigenvalue weighted by Gasteiger charge is -2.22. The van der Waals surface area contributed by atoms with Crippen molar-refractivity contribution < 1.29 is 23.7 Å². The molecule has 2 saturated heterocycles. The van der Waals surface area contributed by atoms with Crippen molar-refractivity contribution >= 4 is 6.16 Å². The van der Waals surface area contributed by atoms with Crippen LogP contribution in [0, 0.1) is 0 Å². The summed E-state index contributed by atoms with van der Waals surface area (Å²) >= 11 is 0. The lowest BCUT2D eigenvalue weighted by molar-refractivity contribution is -0.191. The molecule has 0 unspecified atom stereocenters. The van der Waals surface area contributed by atoms with Crippen molar-refractivity contribution in [2.24, 2.45) is 0 Å². The first-order chi connectivity index (χ1) is 9.33. The molecule has 5 nitrogen and oxygen atoms in total. The first-order valence-electron chi connectivity index (χ1n) is 6.47. The van der Waals surface area contributed by atoms with Gasteiger partial charge < -0.3 is 18.9 Å². The minimum atomic E-state index is -0.631. The second-order valence-electron chi connectivity index (χ2n) is 4.67. The number of hydrogen-bond donors (Lipinski definition) is 0. The largest absolute Gasteiger partial charge is 0.509 e. The topological polar surface area (TPSA) is 54.0 Å². The molecule has 0 amide bonds. The third-order valence-corrected chi connectivity index (χ3v) is 3.29. The Labute approximate surface area is 111 Å². The third kappa shape index (κ3) is 2.88. The van der Waals surface area contributed by atoms with Crippen LogP contribution in [0.1, 0.15) is 18.4 Å². The molecular weight excluding hydrogens is 248 g/mol. The summed E-state index contributed by atoms with van der Waals surface area (Å²) < 4.78 is 21.6. The Balaban J connectivity index is 1.63. The fourth-order valence-corrected chi connectivity index (χ4v) is 2.33. The lowest BCUT2D eigenvalue weighted by atomic mass is 10.1. The van der Waals surface area contributed by atoms with Gasteiger partial charge in [-0.3, -0.25) is 0 Å². The molecule has 1 aromatic carbocycles. The minimum Gasteiger partial charge on any atom is -0.427 e. The first-order valence-corrected chi connectivity index (χ1v) is 6.47. The minimum absolute atomic E-state index is 0.254. The van der Waals surface area contributed by atoms with Gasteiger partial charge in [0.15, 0.2) is 12.4 Å². The predicted molar refractivity (Wildman–Crippen MR) is 65.3 cm³/mol. The Kier molecular flexibility index (Phi) is 3.66. The number of hydrogen-bond acceptors (Lipinski definition) is 5. The van der Waals surface area contributed by atoms with Crippen molar-refractivity contribution in [1.29, 1.82) is 0 Å². The second kappa shape index (κ2) is 5.59. The summed E-state index contributed by atoms with van der Waals surface area (Å²) in [7, 11) is 0. The average molecular weight is 264 g/mol. The number of carbonyl (C=O) groups is 1. The van der Waals surface area contributed by atoms with Crippen LogP contribution < -0.4 is 0 Å². The Hall–Kier alpha value is -1.59. The highest BCUT2D eigenvalue weighted by Gasteiger charge is 2.44. The van der Waals surface area contributed by atoms with Crippen molar-refractivity contribution in [3.8, 4) is 0 Å². The van der Waals surface area contributed by atoms with Gasteiger partial charge in [0.05, 0.1) is 13.2 Å². The maximum Gasteiger partial charge on any atom is 0.509 e. The zero-order valence-electron chi connectivity index (χ0n) is 10.5. The molecular formula is C14H16O5. The summed E-state index contributed by atoms with van der Waals surface area (Å²) in [6, 6.07) is 9.81. The zero-order chi connectivity index (χ0) is 13.1. The molecule has 102 valence electrons. The highest BCUT2D eigenvalue weighted by molar-refractivity contribution is 5.62. The van der Waals surface area contributed by atoms with E-state index in [0.717, 1.165) is 18.4 Å². The van der Waals surface area contributed by atoms with E-state index in [-0.39, 0.29) is 6.10 Å². The van der Waals surface area contributed by atoms with Gasteiger partial charge in [0.1, 0.15) is 6.10 Å². The van der Waals surface area contributed by atoms with Crippen LogP contribution in [-0.2, 0) is 25.6 Å². The lowest BCUT2D eigenvalue weighted by Crippen LogP contribution is -2.37. The van der Waals surface area contributed by atoms with Crippen LogP contribution in [0.2, 0.25) is 0 Å². The van der Waals surface area contributed by atoms with E-state index >= 15 is 0 Å². The number of ether oxygens (including phenoxy) is 4. The average Bonchev–Trinajstić information content (AvgIpc) is 2.70. The van der Waals surface area contributed by atoms with Crippen molar-refractivity contribution in [1.82, 2.24) is 0 Å². The van der Waals surface area contributed by atoms with Gasteiger partial charge in [0.2, 0.25) is 0 Å². The van der Waals surface area contributed by atoms with E-state index in [4.69, 9.17) is 18.9 Å². The van der Waals surface area contributed by atoms with Gasteiger partial charge in [0.25, 0.3) is 0 Å². The van der Waals surface area contributed by atoms with E-state index in [1.807, 2.05) is 30.3 Å². The van der Waals surface area contributed by atoms with E-state index in [9.17, 15) is 4.79 Å². The molecule has 0 bridgehead atoms. The van der Waals surface area contributed by atoms with Gasteiger partial charge in [-0.15, -0.1) is 0 Å². The van der Waals surface area contributed by atoms with Crippen LogP contribution in [0.3, 0.4) is 0 Å². The Bertz CT molecular complexity index is 433. The van der Waals surface area contributed by atoms with Crippen LogP contribution in [-0.4, -0.2) is 31.3 Å². The van der Waals surface area contributed by atoms with Gasteiger partial charge in [-0.05, 0) is 18.4 Å². The summed E-state index contributed by atoms with van der Waals surface area (Å²) in [6.45, 7) is 1.01. The molecule has 0 aromatic heterocycles. The summed E-state index contributed by atoms with van der Waals surface area (Å²) in [5, 5.41) is 0. The summed E-state index contributed by atoms with van der Waals surface area (Å²) in [4.78, 5) is 11.2. The van der Waals surface area contributed by atoms with E-state index in [2.05, 4.69) is 0 Å².